The van der Waals surface area contributed by atoms with E-state index in [1.165, 1.54) is 19.3 Å². The molecular formula is C15H24N2O3. The fourth-order valence-electron chi connectivity index (χ4n) is 4.31. The van der Waals surface area contributed by atoms with Gasteiger partial charge in [0, 0.05) is 12.1 Å². The Morgan fingerprint density at radius 1 is 1.15 bits per heavy atom. The number of carbonyl (C=O) groups excluding carboxylic acids is 1. The first kappa shape index (κ1) is 13.7. The topological polar surface area (TPSA) is 78.4 Å². The third-order valence-electron chi connectivity index (χ3n) is 5.71. The largest absolute Gasteiger partial charge is 0.481 e. The highest BCUT2D eigenvalue weighted by Crippen LogP contribution is 2.48. The van der Waals surface area contributed by atoms with Crippen LogP contribution in [0.5, 0.6) is 0 Å². The van der Waals surface area contributed by atoms with E-state index in [2.05, 4.69) is 10.6 Å². The van der Waals surface area contributed by atoms with Gasteiger partial charge in [-0.2, -0.15) is 0 Å². The highest BCUT2D eigenvalue weighted by atomic mass is 16.4. The van der Waals surface area contributed by atoms with Crippen LogP contribution in [0.15, 0.2) is 0 Å². The third kappa shape index (κ3) is 2.38. The van der Waals surface area contributed by atoms with Crippen molar-refractivity contribution >= 4 is 12.0 Å². The number of carboxylic acid groups (broad SMARTS) is 1. The van der Waals surface area contributed by atoms with Crippen LogP contribution in [0.25, 0.3) is 0 Å². The molecule has 3 N–H and O–H groups in total. The Morgan fingerprint density at radius 2 is 1.85 bits per heavy atom. The van der Waals surface area contributed by atoms with Gasteiger partial charge in [-0.3, -0.25) is 4.79 Å². The zero-order valence-electron chi connectivity index (χ0n) is 12.0. The van der Waals surface area contributed by atoms with Gasteiger partial charge in [-0.1, -0.05) is 6.42 Å². The van der Waals surface area contributed by atoms with Crippen molar-refractivity contribution in [1.29, 1.82) is 0 Å². The summed E-state index contributed by atoms with van der Waals surface area (Å²) < 4.78 is 0. The van der Waals surface area contributed by atoms with E-state index in [0.717, 1.165) is 19.3 Å². The van der Waals surface area contributed by atoms with Gasteiger partial charge in [0.1, 0.15) is 0 Å². The van der Waals surface area contributed by atoms with E-state index in [1.807, 2.05) is 6.92 Å². The van der Waals surface area contributed by atoms with E-state index in [9.17, 15) is 14.7 Å². The van der Waals surface area contributed by atoms with E-state index in [-0.39, 0.29) is 24.0 Å². The van der Waals surface area contributed by atoms with Gasteiger partial charge in [-0.25, -0.2) is 4.79 Å². The third-order valence-corrected chi connectivity index (χ3v) is 5.71. The summed E-state index contributed by atoms with van der Waals surface area (Å²) in [5, 5.41) is 15.3. The van der Waals surface area contributed by atoms with Crippen molar-refractivity contribution in [3.05, 3.63) is 0 Å². The van der Waals surface area contributed by atoms with Gasteiger partial charge in [0.25, 0.3) is 0 Å². The second kappa shape index (κ2) is 5.26. The molecule has 5 nitrogen and oxygen atoms in total. The maximum Gasteiger partial charge on any atom is 0.315 e. The second-order valence-corrected chi connectivity index (χ2v) is 6.82. The quantitative estimate of drug-likeness (QED) is 0.736. The molecule has 3 saturated carbocycles. The van der Waals surface area contributed by atoms with Gasteiger partial charge < -0.3 is 15.7 Å². The van der Waals surface area contributed by atoms with E-state index in [1.54, 1.807) is 0 Å². The Balaban J connectivity index is 1.56. The molecule has 0 aromatic heterocycles. The number of rotatable bonds is 4. The molecule has 0 heterocycles. The lowest BCUT2D eigenvalue weighted by atomic mass is 9.80. The average molecular weight is 280 g/mol. The molecule has 0 aromatic rings. The monoisotopic (exact) mass is 280 g/mol. The number of hydrogen-bond acceptors (Lipinski definition) is 2. The first-order chi connectivity index (χ1) is 9.56. The van der Waals surface area contributed by atoms with Crippen molar-refractivity contribution in [2.45, 2.75) is 57.5 Å². The Hall–Kier alpha value is -1.26. The maximum atomic E-state index is 12.1. The summed E-state index contributed by atoms with van der Waals surface area (Å²) in [6.07, 6.45) is 6.64. The lowest BCUT2D eigenvalue weighted by Crippen LogP contribution is -2.53. The van der Waals surface area contributed by atoms with Crippen LogP contribution in [0, 0.1) is 23.7 Å². The molecule has 0 spiro atoms. The first-order valence-corrected chi connectivity index (χ1v) is 7.86. The van der Waals surface area contributed by atoms with Gasteiger partial charge in [0.15, 0.2) is 0 Å². The van der Waals surface area contributed by atoms with Crippen LogP contribution >= 0.6 is 0 Å². The standard InChI is InChI=1S/C15H24N2O3/c1-8(9-3-2-4-9)16-15(20)17-13-11-6-5-10(7-11)12(13)14(18)19/h8-13H,2-7H2,1H3,(H,18,19)(H2,16,17,20). The normalized spacial score (nSPS) is 37.2. The Labute approximate surface area is 119 Å². The van der Waals surface area contributed by atoms with Gasteiger partial charge in [0.2, 0.25) is 0 Å². The summed E-state index contributed by atoms with van der Waals surface area (Å²) in [6.45, 7) is 2.04. The van der Waals surface area contributed by atoms with Crippen LogP contribution in [0.3, 0.4) is 0 Å². The molecule has 3 fully saturated rings. The maximum absolute atomic E-state index is 12.1. The molecule has 20 heavy (non-hydrogen) atoms. The SMILES string of the molecule is CC(NC(=O)NC1C2CCC(C2)C1C(=O)O)C1CCC1. The summed E-state index contributed by atoms with van der Waals surface area (Å²) in [6, 6.07) is -0.182. The number of amides is 2. The fourth-order valence-corrected chi connectivity index (χ4v) is 4.31. The molecule has 0 aliphatic heterocycles. The van der Waals surface area contributed by atoms with E-state index in [4.69, 9.17) is 0 Å². The highest BCUT2D eigenvalue weighted by molar-refractivity contribution is 5.77. The molecule has 3 rings (SSSR count). The average Bonchev–Trinajstić information content (AvgIpc) is 2.85. The summed E-state index contributed by atoms with van der Waals surface area (Å²) in [5.41, 5.74) is 0. The number of aliphatic carboxylic acids is 1. The van der Waals surface area contributed by atoms with Crippen molar-refractivity contribution in [3.63, 3.8) is 0 Å². The van der Waals surface area contributed by atoms with Crippen LogP contribution in [0.1, 0.15) is 45.4 Å². The van der Waals surface area contributed by atoms with Gasteiger partial charge >= 0.3 is 12.0 Å². The minimum atomic E-state index is -0.755. The number of carboxylic acids is 1. The van der Waals surface area contributed by atoms with Crippen LogP contribution in [-0.4, -0.2) is 29.2 Å². The summed E-state index contributed by atoms with van der Waals surface area (Å²) in [4.78, 5) is 23.5. The first-order valence-electron chi connectivity index (χ1n) is 7.86. The van der Waals surface area contributed by atoms with E-state index < -0.39 is 11.9 Å². The zero-order valence-corrected chi connectivity index (χ0v) is 12.0. The minimum absolute atomic E-state index is 0.181. The molecule has 5 unspecified atom stereocenters. The fraction of sp³-hybridized carbons (Fsp3) is 0.867. The molecule has 0 radical (unpaired) electrons. The molecule has 2 bridgehead atoms. The lowest BCUT2D eigenvalue weighted by molar-refractivity contribution is -0.144. The van der Waals surface area contributed by atoms with Crippen molar-refractivity contribution in [3.8, 4) is 0 Å². The Bertz CT molecular complexity index is 408. The summed E-state index contributed by atoms with van der Waals surface area (Å²) in [7, 11) is 0. The van der Waals surface area contributed by atoms with E-state index in [0.29, 0.717) is 11.8 Å². The number of nitrogens with one attached hydrogen (secondary N) is 2. The summed E-state index contributed by atoms with van der Waals surface area (Å²) in [5.74, 6) is 0.0572. The van der Waals surface area contributed by atoms with Crippen LogP contribution in [0.2, 0.25) is 0 Å². The smallest absolute Gasteiger partial charge is 0.315 e. The molecule has 5 heteroatoms. The molecule has 0 saturated heterocycles. The lowest BCUT2D eigenvalue weighted by Gasteiger charge is -2.33. The van der Waals surface area contributed by atoms with Crippen LogP contribution in [-0.2, 0) is 4.79 Å². The van der Waals surface area contributed by atoms with E-state index >= 15 is 0 Å². The molecule has 3 aliphatic rings. The second-order valence-electron chi connectivity index (χ2n) is 6.82. The van der Waals surface area contributed by atoms with Crippen molar-refractivity contribution in [2.75, 3.05) is 0 Å². The van der Waals surface area contributed by atoms with Crippen LogP contribution < -0.4 is 10.6 Å². The molecule has 2 amide bonds. The predicted molar refractivity (Wildman–Crippen MR) is 74.2 cm³/mol. The van der Waals surface area contributed by atoms with Crippen molar-refractivity contribution in [1.82, 2.24) is 10.6 Å². The van der Waals surface area contributed by atoms with Gasteiger partial charge in [0.05, 0.1) is 5.92 Å². The van der Waals surface area contributed by atoms with Gasteiger partial charge in [-0.05, 0) is 56.8 Å². The highest BCUT2D eigenvalue weighted by Gasteiger charge is 2.51. The number of hydrogen-bond donors (Lipinski definition) is 3. The number of carbonyl (C=O) groups is 2. The minimum Gasteiger partial charge on any atom is -0.481 e. The predicted octanol–water partition coefficient (Wildman–Crippen LogP) is 1.97. The Kier molecular flexibility index (Phi) is 3.61. The zero-order chi connectivity index (χ0) is 14.3. The number of urea groups is 1. The van der Waals surface area contributed by atoms with Crippen molar-refractivity contribution < 1.29 is 14.7 Å². The molecule has 5 atom stereocenters. The summed E-state index contributed by atoms with van der Waals surface area (Å²) >= 11 is 0. The van der Waals surface area contributed by atoms with Gasteiger partial charge in [-0.15, -0.1) is 0 Å². The van der Waals surface area contributed by atoms with Crippen molar-refractivity contribution in [2.24, 2.45) is 23.7 Å². The molecule has 3 aliphatic carbocycles. The Morgan fingerprint density at radius 3 is 2.45 bits per heavy atom. The molecule has 0 aromatic carbocycles. The number of fused-ring (bicyclic) bond motifs is 2. The molecular weight excluding hydrogens is 256 g/mol. The van der Waals surface area contributed by atoms with Crippen LogP contribution in [0.4, 0.5) is 4.79 Å². The molecule has 112 valence electrons.